The Kier molecular flexibility index (Phi) is 3.46. The van der Waals surface area contributed by atoms with Gasteiger partial charge in [-0.2, -0.15) is 0 Å². The van der Waals surface area contributed by atoms with E-state index in [1.807, 2.05) is 29.2 Å². The molecule has 0 fully saturated rings. The average molecular weight is 327 g/mol. The van der Waals surface area contributed by atoms with Crippen molar-refractivity contribution in [2.24, 2.45) is 0 Å². The third-order valence-corrected chi connectivity index (χ3v) is 4.66. The molecule has 0 amide bonds. The van der Waals surface area contributed by atoms with Gasteiger partial charge in [0.15, 0.2) is 17.4 Å². The molecule has 0 aromatic heterocycles. The molecule has 0 radical (unpaired) electrons. The Hall–Kier alpha value is -2.53. The predicted octanol–water partition coefficient (Wildman–Crippen LogP) is 3.71. The number of carbonyl (C=O) groups excluding carboxylic acids is 1. The van der Waals surface area contributed by atoms with Crippen molar-refractivity contribution in [3.63, 3.8) is 0 Å². The van der Waals surface area contributed by atoms with Gasteiger partial charge in [0.25, 0.3) is 0 Å². The first-order valence-electron chi connectivity index (χ1n) is 7.68. The van der Waals surface area contributed by atoms with Gasteiger partial charge in [-0.05, 0) is 47.0 Å². The van der Waals surface area contributed by atoms with Crippen LogP contribution in [0.2, 0.25) is 0 Å². The summed E-state index contributed by atoms with van der Waals surface area (Å²) in [5.41, 5.74) is 2.22. The molecule has 0 aliphatic carbocycles. The number of ketones is 1. The normalized spacial score (nSPS) is 21.9. The first-order valence-corrected chi connectivity index (χ1v) is 7.68. The van der Waals surface area contributed by atoms with Crippen molar-refractivity contribution in [3.05, 3.63) is 76.9 Å². The molecule has 0 spiro atoms. The molecule has 2 heterocycles. The maximum atomic E-state index is 13.7. The van der Waals surface area contributed by atoms with Gasteiger partial charge in [0.1, 0.15) is 5.75 Å². The van der Waals surface area contributed by atoms with Crippen molar-refractivity contribution in [2.75, 3.05) is 7.11 Å². The number of nitrogens with zero attached hydrogens (tertiary/aromatic N) is 1. The summed E-state index contributed by atoms with van der Waals surface area (Å²) >= 11 is 0. The summed E-state index contributed by atoms with van der Waals surface area (Å²) in [6, 6.07) is 9.13. The van der Waals surface area contributed by atoms with E-state index < -0.39 is 17.7 Å². The Bertz CT molecular complexity index is 845. The Morgan fingerprint density at radius 1 is 1.08 bits per heavy atom. The highest BCUT2D eigenvalue weighted by Gasteiger charge is 2.43. The fraction of sp³-hybridized carbons (Fsp3) is 0.211. The fourth-order valence-electron chi connectivity index (χ4n) is 3.53. The molecule has 122 valence electrons. The number of hydrogen-bond donors (Lipinski definition) is 0. The van der Waals surface area contributed by atoms with Crippen LogP contribution in [0.5, 0.6) is 5.75 Å². The van der Waals surface area contributed by atoms with Crippen LogP contribution in [-0.2, 0) is 11.3 Å². The molecule has 2 atom stereocenters. The summed E-state index contributed by atoms with van der Waals surface area (Å²) in [5.74, 6) is -1.15. The van der Waals surface area contributed by atoms with E-state index in [9.17, 15) is 13.6 Å². The Labute approximate surface area is 138 Å². The molecule has 5 heteroatoms. The Balaban J connectivity index is 1.72. The number of hydrogen-bond acceptors (Lipinski definition) is 3. The number of fused-ring (bicyclic) bond motifs is 5. The Morgan fingerprint density at radius 2 is 1.75 bits per heavy atom. The van der Waals surface area contributed by atoms with Gasteiger partial charge in [-0.25, -0.2) is 8.78 Å². The van der Waals surface area contributed by atoms with Gasteiger partial charge in [0, 0.05) is 6.54 Å². The van der Waals surface area contributed by atoms with E-state index in [2.05, 4.69) is 0 Å². The lowest BCUT2D eigenvalue weighted by atomic mass is 10.0. The summed E-state index contributed by atoms with van der Waals surface area (Å²) in [7, 11) is 1.60. The first kappa shape index (κ1) is 15.0. The number of benzene rings is 2. The van der Waals surface area contributed by atoms with Crippen LogP contribution >= 0.6 is 0 Å². The van der Waals surface area contributed by atoms with Gasteiger partial charge >= 0.3 is 0 Å². The molecular formula is C19H15F2NO2. The van der Waals surface area contributed by atoms with Gasteiger partial charge in [-0.15, -0.1) is 0 Å². The number of ether oxygens (including phenoxy) is 1. The van der Waals surface area contributed by atoms with E-state index in [-0.39, 0.29) is 11.8 Å². The van der Waals surface area contributed by atoms with Crippen LogP contribution in [0, 0.1) is 11.6 Å². The lowest BCUT2D eigenvalue weighted by molar-refractivity contribution is -0.120. The molecule has 24 heavy (non-hydrogen) atoms. The minimum Gasteiger partial charge on any atom is -0.497 e. The second-order valence-corrected chi connectivity index (χ2v) is 6.02. The summed E-state index contributed by atoms with van der Waals surface area (Å²) in [5, 5.41) is 0. The third kappa shape index (κ3) is 2.24. The third-order valence-electron chi connectivity index (χ3n) is 4.66. The van der Waals surface area contributed by atoms with Crippen LogP contribution in [0.25, 0.3) is 0 Å². The van der Waals surface area contributed by atoms with Crippen molar-refractivity contribution in [2.45, 2.75) is 18.6 Å². The fourth-order valence-corrected chi connectivity index (χ4v) is 3.53. The number of halogens is 2. The van der Waals surface area contributed by atoms with Crippen LogP contribution in [0.3, 0.4) is 0 Å². The molecule has 4 rings (SSSR count). The molecule has 2 bridgehead atoms. The number of carbonyl (C=O) groups is 1. The topological polar surface area (TPSA) is 29.5 Å². The van der Waals surface area contributed by atoms with Crippen molar-refractivity contribution < 1.29 is 18.3 Å². The van der Waals surface area contributed by atoms with E-state index in [4.69, 9.17) is 4.74 Å². The van der Waals surface area contributed by atoms with Gasteiger partial charge < -0.3 is 4.74 Å². The monoisotopic (exact) mass is 327 g/mol. The highest BCUT2D eigenvalue weighted by Crippen LogP contribution is 2.47. The zero-order valence-electron chi connectivity index (χ0n) is 13.0. The van der Waals surface area contributed by atoms with E-state index in [0.29, 0.717) is 17.7 Å². The number of rotatable bonds is 3. The Morgan fingerprint density at radius 3 is 2.42 bits per heavy atom. The molecular weight excluding hydrogens is 312 g/mol. The van der Waals surface area contributed by atoms with E-state index in [1.54, 1.807) is 13.2 Å². The molecule has 2 unspecified atom stereocenters. The summed E-state index contributed by atoms with van der Waals surface area (Å²) in [4.78, 5) is 14.3. The largest absolute Gasteiger partial charge is 0.497 e. The van der Waals surface area contributed by atoms with Crippen LogP contribution in [0.1, 0.15) is 28.8 Å². The van der Waals surface area contributed by atoms with Crippen LogP contribution < -0.4 is 4.74 Å². The maximum Gasteiger partial charge on any atom is 0.177 e. The van der Waals surface area contributed by atoms with Gasteiger partial charge in [0.2, 0.25) is 0 Å². The molecule has 2 aromatic carbocycles. The minimum absolute atomic E-state index is 0.107. The highest BCUT2D eigenvalue weighted by atomic mass is 19.2. The highest BCUT2D eigenvalue weighted by molar-refractivity contribution is 5.97. The summed E-state index contributed by atoms with van der Waals surface area (Å²) in [6.07, 6.45) is 3.27. The van der Waals surface area contributed by atoms with Crippen molar-refractivity contribution >= 4 is 5.78 Å². The minimum atomic E-state index is -0.918. The molecule has 0 N–H and O–H groups in total. The zero-order chi connectivity index (χ0) is 16.8. The smallest absolute Gasteiger partial charge is 0.177 e. The summed E-state index contributed by atoms with van der Waals surface area (Å²) < 4.78 is 32.5. The number of methoxy groups -OCH3 is 1. The van der Waals surface area contributed by atoms with Crippen molar-refractivity contribution in [1.29, 1.82) is 0 Å². The van der Waals surface area contributed by atoms with E-state index >= 15 is 0 Å². The molecule has 2 aliphatic rings. The second kappa shape index (κ2) is 5.53. The quantitative estimate of drug-likeness (QED) is 0.861. The average Bonchev–Trinajstić information content (AvgIpc) is 2.78. The van der Waals surface area contributed by atoms with E-state index in [1.165, 1.54) is 12.1 Å². The van der Waals surface area contributed by atoms with E-state index in [0.717, 1.165) is 17.4 Å². The zero-order valence-corrected chi connectivity index (χ0v) is 13.0. The molecule has 2 aliphatic heterocycles. The van der Waals surface area contributed by atoms with Crippen molar-refractivity contribution in [1.82, 2.24) is 4.90 Å². The maximum absolute atomic E-state index is 13.7. The molecule has 3 nitrogen and oxygen atoms in total. The van der Waals surface area contributed by atoms with Crippen molar-refractivity contribution in [3.8, 4) is 5.75 Å². The second-order valence-electron chi connectivity index (χ2n) is 6.02. The standard InChI is InChI=1S/C19H15F2NO2/c1-24-12-4-2-11(3-5-12)10-22-17-6-7-18(23)19(22)14-9-16(21)15(20)8-13(14)17/h2-9,17,19H,10H2,1H3. The van der Waals surface area contributed by atoms with Crippen LogP contribution in [-0.4, -0.2) is 17.8 Å². The van der Waals surface area contributed by atoms with Crippen LogP contribution in [0.15, 0.2) is 48.6 Å². The van der Waals surface area contributed by atoms with Crippen LogP contribution in [0.4, 0.5) is 8.78 Å². The van der Waals surface area contributed by atoms with Gasteiger partial charge in [0.05, 0.1) is 19.2 Å². The lowest BCUT2D eigenvalue weighted by Crippen LogP contribution is -2.32. The molecule has 0 saturated heterocycles. The summed E-state index contributed by atoms with van der Waals surface area (Å²) in [6.45, 7) is 0.507. The van der Waals surface area contributed by atoms with Gasteiger partial charge in [-0.3, -0.25) is 9.69 Å². The SMILES string of the molecule is COc1ccc(CN2C3C=CC(=O)C2c2cc(F)c(F)cc23)cc1. The lowest BCUT2D eigenvalue weighted by Gasteiger charge is -2.30. The molecule has 0 saturated carbocycles. The predicted molar refractivity (Wildman–Crippen MR) is 84.5 cm³/mol. The first-order chi connectivity index (χ1) is 11.6. The molecule has 2 aromatic rings. The van der Waals surface area contributed by atoms with Gasteiger partial charge in [-0.1, -0.05) is 18.2 Å².